The first-order valence-electron chi connectivity index (χ1n) is 13.6. The van der Waals surface area contributed by atoms with Crippen molar-refractivity contribution < 1.29 is 27.9 Å². The largest absolute Gasteiger partial charge is 0.455 e. The van der Waals surface area contributed by atoms with E-state index in [2.05, 4.69) is 10.2 Å². The summed E-state index contributed by atoms with van der Waals surface area (Å²) in [6.45, 7) is 4.41. The van der Waals surface area contributed by atoms with Gasteiger partial charge in [-0.05, 0) is 54.3 Å². The monoisotopic (exact) mass is 569 g/mol. The SMILES string of the molecule is O=C(NCC1CCCO1)C(c1ccc(F)cc1)N(Cc1ccccc1Cl)C(=O)c1ccc(CN2CCOCC2)o1. The van der Waals surface area contributed by atoms with Gasteiger partial charge in [0.2, 0.25) is 5.91 Å². The highest BCUT2D eigenvalue weighted by molar-refractivity contribution is 6.31. The second-order valence-corrected chi connectivity index (χ2v) is 10.4. The van der Waals surface area contributed by atoms with Gasteiger partial charge in [-0.25, -0.2) is 4.39 Å². The van der Waals surface area contributed by atoms with Gasteiger partial charge in [0.05, 0.1) is 25.9 Å². The lowest BCUT2D eigenvalue weighted by atomic mass is 10.0. The fraction of sp³-hybridized carbons (Fsp3) is 0.400. The van der Waals surface area contributed by atoms with E-state index in [1.165, 1.54) is 29.2 Å². The summed E-state index contributed by atoms with van der Waals surface area (Å²) in [7, 11) is 0. The van der Waals surface area contributed by atoms with E-state index in [1.54, 1.807) is 30.3 Å². The number of hydrogen-bond acceptors (Lipinski definition) is 6. The van der Waals surface area contributed by atoms with Gasteiger partial charge < -0.3 is 24.1 Å². The molecule has 0 bridgehead atoms. The van der Waals surface area contributed by atoms with Crippen molar-refractivity contribution in [1.82, 2.24) is 15.1 Å². The number of carbonyl (C=O) groups excluding carboxylic acids is 2. The van der Waals surface area contributed by atoms with E-state index in [0.717, 1.165) is 25.9 Å². The molecule has 5 rings (SSSR count). The maximum atomic E-state index is 14.1. The molecule has 2 saturated heterocycles. The first-order chi connectivity index (χ1) is 19.5. The lowest BCUT2D eigenvalue weighted by molar-refractivity contribution is -0.126. The third kappa shape index (κ3) is 7.09. The smallest absolute Gasteiger partial charge is 0.290 e. The molecule has 40 heavy (non-hydrogen) atoms. The molecule has 8 nitrogen and oxygen atoms in total. The summed E-state index contributed by atoms with van der Waals surface area (Å²) in [4.78, 5) is 31.5. The van der Waals surface area contributed by atoms with Crippen LogP contribution in [0.25, 0.3) is 0 Å². The molecule has 212 valence electrons. The fourth-order valence-electron chi connectivity index (χ4n) is 5.02. The highest BCUT2D eigenvalue weighted by Gasteiger charge is 2.34. The zero-order valence-corrected chi connectivity index (χ0v) is 22.9. The Hall–Kier alpha value is -3.24. The molecule has 1 aromatic heterocycles. The predicted octanol–water partition coefficient (Wildman–Crippen LogP) is 4.58. The highest BCUT2D eigenvalue weighted by atomic mass is 35.5. The van der Waals surface area contributed by atoms with Crippen molar-refractivity contribution in [2.75, 3.05) is 39.5 Å². The normalized spacial score (nSPS) is 18.4. The molecular weight excluding hydrogens is 537 g/mol. The number of morpholine rings is 1. The molecule has 2 fully saturated rings. The zero-order chi connectivity index (χ0) is 27.9. The molecule has 0 radical (unpaired) electrons. The van der Waals surface area contributed by atoms with Crippen molar-refractivity contribution in [2.45, 2.75) is 38.1 Å². The van der Waals surface area contributed by atoms with E-state index >= 15 is 0 Å². The molecule has 10 heteroatoms. The van der Waals surface area contributed by atoms with Crippen molar-refractivity contribution in [2.24, 2.45) is 0 Å². The van der Waals surface area contributed by atoms with Crippen LogP contribution in [0.5, 0.6) is 0 Å². The van der Waals surface area contributed by atoms with Gasteiger partial charge in [-0.2, -0.15) is 0 Å². The minimum atomic E-state index is -1.07. The Morgan fingerprint density at radius 1 is 1.05 bits per heavy atom. The van der Waals surface area contributed by atoms with Crippen LogP contribution in [0.2, 0.25) is 5.02 Å². The molecule has 0 aliphatic carbocycles. The van der Waals surface area contributed by atoms with Gasteiger partial charge in [0.15, 0.2) is 5.76 Å². The molecule has 3 heterocycles. The van der Waals surface area contributed by atoms with E-state index in [9.17, 15) is 14.0 Å². The predicted molar refractivity (Wildman–Crippen MR) is 147 cm³/mol. The Morgan fingerprint density at radius 2 is 1.82 bits per heavy atom. The van der Waals surface area contributed by atoms with Crippen LogP contribution in [0.3, 0.4) is 0 Å². The highest BCUT2D eigenvalue weighted by Crippen LogP contribution is 2.29. The van der Waals surface area contributed by atoms with Gasteiger partial charge in [-0.15, -0.1) is 0 Å². The maximum absolute atomic E-state index is 14.1. The second kappa shape index (κ2) is 13.4. The number of nitrogens with zero attached hydrogens (tertiary/aromatic N) is 2. The third-order valence-electron chi connectivity index (χ3n) is 7.19. The Bertz CT molecular complexity index is 1290. The summed E-state index contributed by atoms with van der Waals surface area (Å²) in [5.41, 5.74) is 1.13. The average molecular weight is 570 g/mol. The van der Waals surface area contributed by atoms with E-state index in [4.69, 9.17) is 25.5 Å². The molecule has 2 unspecified atom stereocenters. The number of nitrogens with one attached hydrogen (secondary N) is 1. The van der Waals surface area contributed by atoms with Crippen molar-refractivity contribution in [3.8, 4) is 0 Å². The molecule has 0 spiro atoms. The first kappa shape index (κ1) is 28.3. The molecule has 3 aromatic rings. The van der Waals surface area contributed by atoms with E-state index in [1.807, 2.05) is 6.07 Å². The summed E-state index contributed by atoms with van der Waals surface area (Å²) in [5, 5.41) is 3.41. The zero-order valence-electron chi connectivity index (χ0n) is 22.2. The summed E-state index contributed by atoms with van der Waals surface area (Å²) in [6, 6.07) is 15.1. The molecule has 2 amide bonds. The molecule has 0 saturated carbocycles. The van der Waals surface area contributed by atoms with Gasteiger partial charge >= 0.3 is 0 Å². The van der Waals surface area contributed by atoms with Gasteiger partial charge in [-0.1, -0.05) is 41.9 Å². The van der Waals surface area contributed by atoms with Crippen molar-refractivity contribution in [1.29, 1.82) is 0 Å². The molecule has 2 aliphatic rings. The molecular formula is C30H33ClFN3O5. The van der Waals surface area contributed by atoms with Gasteiger partial charge in [0, 0.05) is 37.8 Å². The first-order valence-corrected chi connectivity index (χ1v) is 13.9. The molecule has 2 atom stereocenters. The lowest BCUT2D eigenvalue weighted by Gasteiger charge is -2.31. The standard InChI is InChI=1S/C30H33ClFN3O5/c31-26-6-2-1-4-22(26)19-35(30(37)27-12-11-25(40-27)20-34-13-16-38-17-14-34)28(21-7-9-23(32)10-8-21)29(36)33-18-24-5-3-15-39-24/h1-2,4,6-12,24,28H,3,5,13-20H2,(H,33,36). The molecule has 2 aromatic carbocycles. The van der Waals surface area contributed by atoms with Gasteiger partial charge in [0.25, 0.3) is 5.91 Å². The molecule has 2 aliphatic heterocycles. The third-order valence-corrected chi connectivity index (χ3v) is 7.56. The quantitative estimate of drug-likeness (QED) is 0.385. The van der Waals surface area contributed by atoms with E-state index in [0.29, 0.717) is 54.8 Å². The van der Waals surface area contributed by atoms with E-state index < -0.39 is 23.7 Å². The number of furan rings is 1. The summed E-state index contributed by atoms with van der Waals surface area (Å²) < 4.78 is 31.0. The van der Waals surface area contributed by atoms with Crippen LogP contribution in [-0.2, 0) is 27.4 Å². The molecule has 1 N–H and O–H groups in total. The van der Waals surface area contributed by atoms with Gasteiger partial charge in [-0.3, -0.25) is 14.5 Å². The topological polar surface area (TPSA) is 84.2 Å². The Labute approximate surface area is 238 Å². The van der Waals surface area contributed by atoms with Crippen LogP contribution in [0.1, 0.15) is 46.3 Å². The number of hydrogen-bond donors (Lipinski definition) is 1. The number of benzene rings is 2. The Kier molecular flexibility index (Phi) is 9.49. The maximum Gasteiger partial charge on any atom is 0.290 e. The summed E-state index contributed by atoms with van der Waals surface area (Å²) in [6.07, 6.45) is 1.70. The number of amides is 2. The van der Waals surface area contributed by atoms with E-state index in [-0.39, 0.29) is 18.4 Å². The van der Waals surface area contributed by atoms with Crippen LogP contribution >= 0.6 is 11.6 Å². The van der Waals surface area contributed by atoms with Crippen LogP contribution in [0.4, 0.5) is 4.39 Å². The number of rotatable bonds is 10. The Morgan fingerprint density at radius 3 is 2.55 bits per heavy atom. The summed E-state index contributed by atoms with van der Waals surface area (Å²) in [5.74, 6) is -0.569. The van der Waals surface area contributed by atoms with Crippen LogP contribution in [0.15, 0.2) is 65.1 Å². The number of ether oxygens (including phenoxy) is 2. The van der Waals surface area contributed by atoms with Crippen LogP contribution in [-0.4, -0.2) is 67.2 Å². The van der Waals surface area contributed by atoms with Crippen molar-refractivity contribution >= 4 is 23.4 Å². The van der Waals surface area contributed by atoms with Crippen LogP contribution < -0.4 is 5.32 Å². The van der Waals surface area contributed by atoms with Crippen LogP contribution in [0, 0.1) is 5.82 Å². The van der Waals surface area contributed by atoms with Crippen molar-refractivity contribution in [3.63, 3.8) is 0 Å². The fourth-order valence-corrected chi connectivity index (χ4v) is 5.22. The minimum Gasteiger partial charge on any atom is -0.455 e. The Balaban J connectivity index is 1.46. The summed E-state index contributed by atoms with van der Waals surface area (Å²) >= 11 is 6.49. The van der Waals surface area contributed by atoms with Crippen molar-refractivity contribution in [3.05, 3.63) is 94.2 Å². The average Bonchev–Trinajstić information content (AvgIpc) is 3.66. The van der Waals surface area contributed by atoms with Gasteiger partial charge in [0.1, 0.15) is 17.6 Å². The number of halogens is 2. The minimum absolute atomic E-state index is 0.0351. The number of carbonyl (C=O) groups is 2. The lowest BCUT2D eigenvalue weighted by Crippen LogP contribution is -2.45. The second-order valence-electron chi connectivity index (χ2n) is 10.0.